The summed E-state index contributed by atoms with van der Waals surface area (Å²) in [5.74, 6) is 2.87. The van der Waals surface area contributed by atoms with Gasteiger partial charge < -0.3 is 4.74 Å². The van der Waals surface area contributed by atoms with Gasteiger partial charge in [-0.1, -0.05) is 31.0 Å². The Labute approximate surface area is 126 Å². The topological polar surface area (TPSA) is 9.23 Å². The van der Waals surface area contributed by atoms with Gasteiger partial charge >= 0.3 is 0 Å². The summed E-state index contributed by atoms with van der Waals surface area (Å²) in [5.41, 5.74) is 0.0500. The SMILES string of the molecule is ClCC(CCl)(CCOc1ccccc1)C1CCCC1. The minimum absolute atomic E-state index is 0.0500. The lowest BCUT2D eigenvalue weighted by Gasteiger charge is -2.35. The molecule has 19 heavy (non-hydrogen) atoms. The molecule has 1 aliphatic carbocycles. The molecule has 0 heterocycles. The number of halogens is 2. The first kappa shape index (κ1) is 15.0. The molecule has 0 unspecified atom stereocenters. The van der Waals surface area contributed by atoms with Gasteiger partial charge in [0.05, 0.1) is 6.61 Å². The second-order valence-corrected chi connectivity index (χ2v) is 6.06. The molecule has 1 nitrogen and oxygen atoms in total. The first-order valence-corrected chi connectivity index (χ1v) is 8.17. The van der Waals surface area contributed by atoms with E-state index in [9.17, 15) is 0 Å². The van der Waals surface area contributed by atoms with Crippen LogP contribution < -0.4 is 4.74 Å². The summed E-state index contributed by atoms with van der Waals surface area (Å²) in [5, 5.41) is 0. The van der Waals surface area contributed by atoms with Crippen LogP contribution in [-0.4, -0.2) is 18.4 Å². The predicted octanol–water partition coefficient (Wildman–Crippen LogP) is 5.11. The van der Waals surface area contributed by atoms with Crippen molar-refractivity contribution in [1.82, 2.24) is 0 Å². The molecule has 0 N–H and O–H groups in total. The maximum absolute atomic E-state index is 6.25. The first-order valence-electron chi connectivity index (χ1n) is 7.10. The molecular formula is C16H22Cl2O. The summed E-state index contributed by atoms with van der Waals surface area (Å²) in [7, 11) is 0. The summed E-state index contributed by atoms with van der Waals surface area (Å²) in [6, 6.07) is 9.94. The smallest absolute Gasteiger partial charge is 0.119 e. The second-order valence-electron chi connectivity index (χ2n) is 5.52. The Morgan fingerprint density at radius 2 is 1.68 bits per heavy atom. The van der Waals surface area contributed by atoms with Crippen LogP contribution >= 0.6 is 23.2 Å². The van der Waals surface area contributed by atoms with E-state index >= 15 is 0 Å². The van der Waals surface area contributed by atoms with E-state index in [1.807, 2.05) is 30.3 Å². The molecule has 2 rings (SSSR count). The summed E-state index contributed by atoms with van der Waals surface area (Å²) < 4.78 is 5.81. The Morgan fingerprint density at radius 3 is 2.26 bits per heavy atom. The van der Waals surface area contributed by atoms with Crippen LogP contribution in [0.5, 0.6) is 5.75 Å². The summed E-state index contributed by atoms with van der Waals surface area (Å²) in [6.45, 7) is 0.694. The molecule has 0 atom stereocenters. The van der Waals surface area contributed by atoms with Gasteiger partial charge in [-0.2, -0.15) is 0 Å². The van der Waals surface area contributed by atoms with Crippen molar-refractivity contribution >= 4 is 23.2 Å². The highest BCUT2D eigenvalue weighted by molar-refractivity contribution is 6.21. The van der Waals surface area contributed by atoms with Crippen LogP contribution in [0.25, 0.3) is 0 Å². The van der Waals surface area contributed by atoms with Gasteiger partial charge in [0.15, 0.2) is 0 Å². The molecule has 1 aliphatic rings. The number of para-hydroxylation sites is 1. The Morgan fingerprint density at radius 1 is 1.05 bits per heavy atom. The molecule has 1 aromatic rings. The maximum atomic E-state index is 6.25. The van der Waals surface area contributed by atoms with E-state index in [-0.39, 0.29) is 5.41 Å². The number of hydrogen-bond donors (Lipinski definition) is 0. The molecule has 0 bridgehead atoms. The number of rotatable bonds is 7. The van der Waals surface area contributed by atoms with Crippen molar-refractivity contribution in [2.75, 3.05) is 18.4 Å². The molecule has 0 amide bonds. The van der Waals surface area contributed by atoms with Gasteiger partial charge in [-0.3, -0.25) is 0 Å². The van der Waals surface area contributed by atoms with E-state index in [0.29, 0.717) is 24.3 Å². The van der Waals surface area contributed by atoms with Crippen LogP contribution in [0.3, 0.4) is 0 Å². The van der Waals surface area contributed by atoms with Gasteiger partial charge in [-0.25, -0.2) is 0 Å². The van der Waals surface area contributed by atoms with Crippen LogP contribution in [0.1, 0.15) is 32.1 Å². The average molecular weight is 301 g/mol. The fourth-order valence-electron chi connectivity index (χ4n) is 3.02. The zero-order valence-corrected chi connectivity index (χ0v) is 12.8. The molecule has 0 radical (unpaired) electrons. The van der Waals surface area contributed by atoms with E-state index < -0.39 is 0 Å². The van der Waals surface area contributed by atoms with Crippen molar-refractivity contribution in [2.45, 2.75) is 32.1 Å². The highest BCUT2D eigenvalue weighted by Crippen LogP contribution is 2.44. The van der Waals surface area contributed by atoms with Gasteiger partial charge in [0.25, 0.3) is 0 Å². The minimum Gasteiger partial charge on any atom is -0.494 e. The molecule has 1 saturated carbocycles. The lowest BCUT2D eigenvalue weighted by molar-refractivity contribution is 0.163. The van der Waals surface area contributed by atoms with E-state index in [0.717, 1.165) is 12.2 Å². The summed E-state index contributed by atoms with van der Waals surface area (Å²) >= 11 is 12.5. The Balaban J connectivity index is 1.89. The van der Waals surface area contributed by atoms with E-state index in [4.69, 9.17) is 27.9 Å². The zero-order chi connectivity index (χ0) is 13.6. The summed E-state index contributed by atoms with van der Waals surface area (Å²) in [4.78, 5) is 0. The van der Waals surface area contributed by atoms with Crippen LogP contribution in [0.15, 0.2) is 30.3 Å². The standard InChI is InChI=1S/C16H22Cl2O/c17-12-16(13-18,14-6-4-5-7-14)10-11-19-15-8-2-1-3-9-15/h1-3,8-9,14H,4-7,10-13H2. The quantitative estimate of drug-likeness (QED) is 0.636. The van der Waals surface area contributed by atoms with Crippen LogP contribution in [-0.2, 0) is 0 Å². The van der Waals surface area contributed by atoms with Crippen molar-refractivity contribution in [1.29, 1.82) is 0 Å². The van der Waals surface area contributed by atoms with E-state index in [1.165, 1.54) is 25.7 Å². The largest absolute Gasteiger partial charge is 0.494 e. The normalized spacial score (nSPS) is 16.7. The molecule has 0 aliphatic heterocycles. The molecule has 3 heteroatoms. The van der Waals surface area contributed by atoms with Gasteiger partial charge in [-0.15, -0.1) is 23.2 Å². The molecule has 1 fully saturated rings. The van der Waals surface area contributed by atoms with Gasteiger partial charge in [-0.05, 0) is 37.3 Å². The molecule has 0 saturated heterocycles. The van der Waals surface area contributed by atoms with Crippen molar-refractivity contribution in [3.63, 3.8) is 0 Å². The lowest BCUT2D eigenvalue weighted by atomic mass is 9.75. The van der Waals surface area contributed by atoms with E-state index in [1.54, 1.807) is 0 Å². The predicted molar refractivity (Wildman–Crippen MR) is 82.4 cm³/mol. The Bertz CT molecular complexity index is 356. The molecule has 106 valence electrons. The van der Waals surface area contributed by atoms with Gasteiger partial charge in [0.2, 0.25) is 0 Å². The molecular weight excluding hydrogens is 279 g/mol. The monoisotopic (exact) mass is 300 g/mol. The maximum Gasteiger partial charge on any atom is 0.119 e. The van der Waals surface area contributed by atoms with Crippen molar-refractivity contribution in [3.8, 4) is 5.75 Å². The fraction of sp³-hybridized carbons (Fsp3) is 0.625. The number of alkyl halides is 2. The number of hydrogen-bond acceptors (Lipinski definition) is 1. The number of ether oxygens (including phenoxy) is 1. The van der Waals surface area contributed by atoms with Crippen LogP contribution in [0.4, 0.5) is 0 Å². The molecule has 0 spiro atoms. The van der Waals surface area contributed by atoms with Gasteiger partial charge in [0, 0.05) is 17.2 Å². The third-order valence-electron chi connectivity index (χ3n) is 4.37. The zero-order valence-electron chi connectivity index (χ0n) is 11.3. The highest BCUT2D eigenvalue weighted by Gasteiger charge is 2.38. The summed E-state index contributed by atoms with van der Waals surface area (Å²) in [6.07, 6.45) is 6.12. The van der Waals surface area contributed by atoms with Crippen LogP contribution in [0.2, 0.25) is 0 Å². The lowest BCUT2D eigenvalue weighted by Crippen LogP contribution is -2.35. The van der Waals surface area contributed by atoms with E-state index in [2.05, 4.69) is 0 Å². The molecule has 0 aromatic heterocycles. The van der Waals surface area contributed by atoms with Crippen molar-refractivity contribution in [3.05, 3.63) is 30.3 Å². The number of benzene rings is 1. The molecule has 1 aromatic carbocycles. The van der Waals surface area contributed by atoms with Crippen molar-refractivity contribution < 1.29 is 4.74 Å². The van der Waals surface area contributed by atoms with Crippen LogP contribution in [0, 0.1) is 11.3 Å². The van der Waals surface area contributed by atoms with Crippen molar-refractivity contribution in [2.24, 2.45) is 11.3 Å². The third-order valence-corrected chi connectivity index (χ3v) is 5.43. The van der Waals surface area contributed by atoms with Gasteiger partial charge in [0.1, 0.15) is 5.75 Å². The first-order chi connectivity index (χ1) is 9.30. The fourth-order valence-corrected chi connectivity index (χ4v) is 4.01. The minimum atomic E-state index is 0.0500. The highest BCUT2D eigenvalue weighted by atomic mass is 35.5. The Kier molecular flexibility index (Phi) is 5.84. The Hall–Kier alpha value is -0.400. The average Bonchev–Trinajstić information content (AvgIpc) is 3.00. The third kappa shape index (κ3) is 3.79. The second kappa shape index (κ2) is 7.40.